The Kier molecular flexibility index (Phi) is 5.27. The summed E-state index contributed by atoms with van der Waals surface area (Å²) in [6.07, 6.45) is 0. The van der Waals surface area contributed by atoms with Crippen molar-refractivity contribution in [2.75, 3.05) is 13.7 Å². The molecule has 2 aromatic rings. The fourth-order valence-electron chi connectivity index (χ4n) is 2.56. The van der Waals surface area contributed by atoms with Crippen LogP contribution < -0.4 is 10.1 Å². The summed E-state index contributed by atoms with van der Waals surface area (Å²) < 4.78 is 5.29. The maximum atomic E-state index is 6.14. The zero-order valence-corrected chi connectivity index (χ0v) is 13.8. The fraction of sp³-hybridized carbons (Fsp3) is 0.333. The number of hydrogen-bond donors (Lipinski definition) is 1. The molecule has 2 aromatic carbocycles. The van der Waals surface area contributed by atoms with E-state index in [9.17, 15) is 0 Å². The van der Waals surface area contributed by atoms with E-state index in [0.717, 1.165) is 22.9 Å². The van der Waals surface area contributed by atoms with Crippen molar-refractivity contribution in [3.63, 3.8) is 0 Å². The van der Waals surface area contributed by atoms with Gasteiger partial charge in [-0.05, 0) is 60.8 Å². The average molecular weight is 304 g/mol. The molecule has 0 aliphatic carbocycles. The number of rotatable bonds is 5. The second-order valence-corrected chi connectivity index (χ2v) is 5.63. The Balaban J connectivity index is 2.45. The molecule has 1 N–H and O–H groups in total. The maximum absolute atomic E-state index is 6.14. The maximum Gasteiger partial charge on any atom is 0.119 e. The Labute approximate surface area is 132 Å². The summed E-state index contributed by atoms with van der Waals surface area (Å²) in [4.78, 5) is 0. The molecule has 1 atom stereocenters. The van der Waals surface area contributed by atoms with E-state index in [2.05, 4.69) is 43.4 Å². The number of methoxy groups -OCH3 is 1. The van der Waals surface area contributed by atoms with Crippen LogP contribution in [0.2, 0.25) is 5.02 Å². The van der Waals surface area contributed by atoms with Gasteiger partial charge < -0.3 is 10.1 Å². The molecule has 2 nitrogen and oxygen atoms in total. The quantitative estimate of drug-likeness (QED) is 0.867. The van der Waals surface area contributed by atoms with Crippen molar-refractivity contribution in [1.29, 1.82) is 0 Å². The number of ether oxygens (including phenoxy) is 1. The van der Waals surface area contributed by atoms with Gasteiger partial charge in [-0.2, -0.15) is 0 Å². The summed E-state index contributed by atoms with van der Waals surface area (Å²) in [5, 5.41) is 4.36. The molecule has 0 spiro atoms. The van der Waals surface area contributed by atoms with E-state index in [1.54, 1.807) is 7.11 Å². The SMILES string of the molecule is CCNC(c1ccc(Cl)c(C)c1)c1ccc(OC)cc1C. The molecule has 0 bridgehead atoms. The van der Waals surface area contributed by atoms with E-state index in [-0.39, 0.29) is 6.04 Å². The highest BCUT2D eigenvalue weighted by Crippen LogP contribution is 2.29. The first-order valence-corrected chi connectivity index (χ1v) is 7.58. The number of nitrogens with one attached hydrogen (secondary N) is 1. The van der Waals surface area contributed by atoms with Gasteiger partial charge in [-0.15, -0.1) is 0 Å². The molecule has 0 radical (unpaired) electrons. The van der Waals surface area contributed by atoms with Gasteiger partial charge in [-0.25, -0.2) is 0 Å². The standard InChI is InChI=1S/C18H22ClNO/c1-5-20-18(14-6-9-17(19)13(3)10-14)16-8-7-15(21-4)11-12(16)2/h6-11,18,20H,5H2,1-4H3. The van der Waals surface area contributed by atoms with Crippen molar-refractivity contribution in [3.05, 3.63) is 63.7 Å². The Morgan fingerprint density at radius 1 is 1.10 bits per heavy atom. The van der Waals surface area contributed by atoms with Crippen molar-refractivity contribution in [1.82, 2.24) is 5.32 Å². The molecular weight excluding hydrogens is 282 g/mol. The van der Waals surface area contributed by atoms with Crippen molar-refractivity contribution in [3.8, 4) is 5.75 Å². The first-order chi connectivity index (χ1) is 10.1. The molecule has 0 aromatic heterocycles. The lowest BCUT2D eigenvalue weighted by atomic mass is 9.94. The van der Waals surface area contributed by atoms with Crippen LogP contribution in [0.15, 0.2) is 36.4 Å². The van der Waals surface area contributed by atoms with Crippen LogP contribution in [-0.2, 0) is 0 Å². The van der Waals surface area contributed by atoms with Crippen molar-refractivity contribution in [2.24, 2.45) is 0 Å². The van der Waals surface area contributed by atoms with Crippen LogP contribution in [0.25, 0.3) is 0 Å². The molecule has 112 valence electrons. The normalized spacial score (nSPS) is 12.2. The molecular formula is C18H22ClNO. The van der Waals surface area contributed by atoms with Gasteiger partial charge in [0.1, 0.15) is 5.75 Å². The Morgan fingerprint density at radius 2 is 1.86 bits per heavy atom. The minimum absolute atomic E-state index is 0.164. The van der Waals surface area contributed by atoms with Gasteiger partial charge in [0.15, 0.2) is 0 Å². The van der Waals surface area contributed by atoms with E-state index in [1.165, 1.54) is 16.7 Å². The summed E-state index contributed by atoms with van der Waals surface area (Å²) >= 11 is 6.14. The van der Waals surface area contributed by atoms with E-state index >= 15 is 0 Å². The summed E-state index contributed by atoms with van der Waals surface area (Å²) in [5.74, 6) is 0.888. The predicted molar refractivity (Wildman–Crippen MR) is 89.4 cm³/mol. The number of halogens is 1. The van der Waals surface area contributed by atoms with Gasteiger partial charge in [0.05, 0.1) is 13.2 Å². The minimum Gasteiger partial charge on any atom is -0.497 e. The fourth-order valence-corrected chi connectivity index (χ4v) is 2.68. The Hall–Kier alpha value is -1.51. The molecule has 0 saturated carbocycles. The van der Waals surface area contributed by atoms with Crippen LogP contribution in [-0.4, -0.2) is 13.7 Å². The summed E-state index contributed by atoms with van der Waals surface area (Å²) in [6.45, 7) is 7.17. The monoisotopic (exact) mass is 303 g/mol. The predicted octanol–water partition coefficient (Wildman–Crippen LogP) is 4.66. The third-order valence-corrected chi connectivity index (χ3v) is 4.14. The molecule has 0 fully saturated rings. The smallest absolute Gasteiger partial charge is 0.119 e. The summed E-state index contributed by atoms with van der Waals surface area (Å²) in [6, 6.07) is 12.6. The Morgan fingerprint density at radius 3 is 2.43 bits per heavy atom. The van der Waals surface area contributed by atoms with Gasteiger partial charge in [-0.1, -0.05) is 36.7 Å². The van der Waals surface area contributed by atoms with Crippen LogP contribution >= 0.6 is 11.6 Å². The molecule has 0 saturated heterocycles. The highest BCUT2D eigenvalue weighted by molar-refractivity contribution is 6.31. The van der Waals surface area contributed by atoms with Crippen LogP contribution in [0.3, 0.4) is 0 Å². The van der Waals surface area contributed by atoms with Crippen molar-refractivity contribution in [2.45, 2.75) is 26.8 Å². The number of aryl methyl sites for hydroxylation is 2. The van der Waals surface area contributed by atoms with Gasteiger partial charge in [0.25, 0.3) is 0 Å². The van der Waals surface area contributed by atoms with E-state index in [0.29, 0.717) is 0 Å². The van der Waals surface area contributed by atoms with E-state index in [1.807, 2.05) is 19.1 Å². The van der Waals surface area contributed by atoms with Crippen LogP contribution in [0.4, 0.5) is 0 Å². The topological polar surface area (TPSA) is 21.3 Å². The van der Waals surface area contributed by atoms with Gasteiger partial charge in [0.2, 0.25) is 0 Å². The first kappa shape index (κ1) is 15.9. The van der Waals surface area contributed by atoms with E-state index < -0.39 is 0 Å². The second-order valence-electron chi connectivity index (χ2n) is 5.22. The zero-order chi connectivity index (χ0) is 15.4. The molecule has 21 heavy (non-hydrogen) atoms. The Bertz CT molecular complexity index is 625. The molecule has 0 amide bonds. The van der Waals surface area contributed by atoms with Crippen LogP contribution in [0, 0.1) is 13.8 Å². The third kappa shape index (κ3) is 3.58. The summed E-state index contributed by atoms with van der Waals surface area (Å²) in [7, 11) is 1.69. The lowest BCUT2D eigenvalue weighted by molar-refractivity contribution is 0.414. The highest BCUT2D eigenvalue weighted by atomic mass is 35.5. The lowest BCUT2D eigenvalue weighted by Crippen LogP contribution is -2.22. The van der Waals surface area contributed by atoms with Gasteiger partial charge in [0, 0.05) is 5.02 Å². The van der Waals surface area contributed by atoms with E-state index in [4.69, 9.17) is 16.3 Å². The molecule has 0 aliphatic rings. The van der Waals surface area contributed by atoms with Crippen molar-refractivity contribution >= 4 is 11.6 Å². The minimum atomic E-state index is 0.164. The third-order valence-electron chi connectivity index (χ3n) is 3.71. The van der Waals surface area contributed by atoms with Crippen molar-refractivity contribution < 1.29 is 4.74 Å². The molecule has 0 heterocycles. The van der Waals surface area contributed by atoms with Gasteiger partial charge in [-0.3, -0.25) is 0 Å². The second kappa shape index (κ2) is 6.97. The summed E-state index contributed by atoms with van der Waals surface area (Å²) in [5.41, 5.74) is 4.81. The molecule has 2 rings (SSSR count). The molecule has 0 aliphatic heterocycles. The number of benzene rings is 2. The van der Waals surface area contributed by atoms with Crippen LogP contribution in [0.5, 0.6) is 5.75 Å². The zero-order valence-electron chi connectivity index (χ0n) is 13.0. The van der Waals surface area contributed by atoms with Crippen LogP contribution in [0.1, 0.15) is 35.2 Å². The highest BCUT2D eigenvalue weighted by Gasteiger charge is 2.16. The average Bonchev–Trinajstić information content (AvgIpc) is 2.48. The first-order valence-electron chi connectivity index (χ1n) is 7.20. The largest absolute Gasteiger partial charge is 0.497 e. The molecule has 1 unspecified atom stereocenters. The van der Waals surface area contributed by atoms with Gasteiger partial charge >= 0.3 is 0 Å². The number of hydrogen-bond acceptors (Lipinski definition) is 2. The lowest BCUT2D eigenvalue weighted by Gasteiger charge is -2.22. The molecule has 3 heteroatoms.